The summed E-state index contributed by atoms with van der Waals surface area (Å²) in [6, 6.07) is 10.6. The predicted octanol–water partition coefficient (Wildman–Crippen LogP) is 3.32. The zero-order chi connectivity index (χ0) is 12.7. The molecule has 0 radical (unpaired) electrons. The molecule has 0 amide bonds. The van der Waals surface area contributed by atoms with Crippen molar-refractivity contribution in [1.29, 1.82) is 0 Å². The quantitative estimate of drug-likeness (QED) is 0.729. The van der Waals surface area contributed by atoms with Crippen molar-refractivity contribution < 1.29 is 4.74 Å². The number of hydrogen-bond donors (Lipinski definition) is 1. The second-order valence-corrected chi connectivity index (χ2v) is 4.39. The third kappa shape index (κ3) is 4.33. The molecule has 0 bridgehead atoms. The molecule has 0 spiro atoms. The average molecular weight is 233 g/mol. The summed E-state index contributed by atoms with van der Waals surface area (Å²) in [6.45, 7) is 9.10. The molecule has 17 heavy (non-hydrogen) atoms. The second kappa shape index (κ2) is 7.25. The van der Waals surface area contributed by atoms with Crippen LogP contribution in [0.5, 0.6) is 0 Å². The summed E-state index contributed by atoms with van der Waals surface area (Å²) in [6.07, 6.45) is 1.01. The first-order chi connectivity index (χ1) is 8.19. The van der Waals surface area contributed by atoms with Gasteiger partial charge in [-0.15, -0.1) is 6.58 Å². The molecule has 94 valence electrons. The summed E-state index contributed by atoms with van der Waals surface area (Å²) in [4.78, 5) is 0. The molecule has 0 fully saturated rings. The molecule has 0 saturated heterocycles. The summed E-state index contributed by atoms with van der Waals surface area (Å²) in [5.74, 6) is 0. The highest BCUT2D eigenvalue weighted by Crippen LogP contribution is 2.24. The lowest BCUT2D eigenvalue weighted by Gasteiger charge is -2.27. The van der Waals surface area contributed by atoms with Crippen molar-refractivity contribution in [3.63, 3.8) is 0 Å². The van der Waals surface area contributed by atoms with Gasteiger partial charge < -0.3 is 10.1 Å². The van der Waals surface area contributed by atoms with E-state index in [9.17, 15) is 0 Å². The minimum Gasteiger partial charge on any atom is -0.375 e. The van der Waals surface area contributed by atoms with E-state index in [0.29, 0.717) is 0 Å². The van der Waals surface area contributed by atoms with Gasteiger partial charge in [-0.1, -0.05) is 42.8 Å². The summed E-state index contributed by atoms with van der Waals surface area (Å²) >= 11 is 0. The van der Waals surface area contributed by atoms with Crippen LogP contribution in [0, 0.1) is 0 Å². The second-order valence-electron chi connectivity index (χ2n) is 4.39. The topological polar surface area (TPSA) is 21.3 Å². The highest BCUT2D eigenvalue weighted by molar-refractivity contribution is 5.20. The van der Waals surface area contributed by atoms with Crippen LogP contribution in [0.1, 0.15) is 31.9 Å². The van der Waals surface area contributed by atoms with Crippen molar-refractivity contribution in [2.24, 2.45) is 0 Å². The first kappa shape index (κ1) is 13.9. The van der Waals surface area contributed by atoms with Gasteiger partial charge in [0, 0.05) is 13.2 Å². The Labute approximate surface area is 105 Å². The van der Waals surface area contributed by atoms with Gasteiger partial charge in [0.15, 0.2) is 0 Å². The zero-order valence-corrected chi connectivity index (χ0v) is 11.1. The predicted molar refractivity (Wildman–Crippen MR) is 73.1 cm³/mol. The monoisotopic (exact) mass is 233 g/mol. The van der Waals surface area contributed by atoms with Crippen molar-refractivity contribution >= 4 is 0 Å². The molecule has 0 aliphatic heterocycles. The minimum atomic E-state index is 0.0767. The van der Waals surface area contributed by atoms with E-state index in [4.69, 9.17) is 4.74 Å². The van der Waals surface area contributed by atoms with E-state index in [2.05, 4.69) is 37.9 Å². The van der Waals surface area contributed by atoms with E-state index in [1.54, 1.807) is 7.11 Å². The molecule has 0 heterocycles. The van der Waals surface area contributed by atoms with Gasteiger partial charge >= 0.3 is 0 Å². The number of benzene rings is 1. The molecule has 0 aliphatic rings. The maximum absolute atomic E-state index is 5.65. The van der Waals surface area contributed by atoms with Crippen molar-refractivity contribution in [2.45, 2.75) is 32.4 Å². The van der Waals surface area contributed by atoms with Gasteiger partial charge in [-0.05, 0) is 25.5 Å². The molecule has 2 heteroatoms. The molecule has 0 aromatic heterocycles. The maximum Gasteiger partial charge on any atom is 0.0977 e. The Morgan fingerprint density at radius 2 is 2.00 bits per heavy atom. The Morgan fingerprint density at radius 1 is 1.35 bits per heavy atom. The standard InChI is InChI=1S/C15H23NO/c1-5-16-14(11-12(2)3)15(17-4)13-9-7-6-8-10-13/h6-10,14-16H,2,5,11H2,1,3-4H3. The van der Waals surface area contributed by atoms with Gasteiger partial charge in [0.25, 0.3) is 0 Å². The lowest BCUT2D eigenvalue weighted by atomic mass is 9.97. The molecule has 0 saturated carbocycles. The van der Waals surface area contributed by atoms with Crippen LogP contribution in [0.15, 0.2) is 42.5 Å². The SMILES string of the molecule is C=C(C)CC(NCC)C(OC)c1ccccc1. The molecule has 1 aromatic rings. The number of methoxy groups -OCH3 is 1. The average Bonchev–Trinajstić information content (AvgIpc) is 2.31. The Kier molecular flexibility index (Phi) is 5.95. The fraction of sp³-hybridized carbons (Fsp3) is 0.467. The van der Waals surface area contributed by atoms with Crippen LogP contribution in [-0.4, -0.2) is 19.7 Å². The fourth-order valence-corrected chi connectivity index (χ4v) is 2.10. The van der Waals surface area contributed by atoms with Crippen molar-refractivity contribution in [3.8, 4) is 0 Å². The maximum atomic E-state index is 5.65. The van der Waals surface area contributed by atoms with E-state index in [1.165, 1.54) is 11.1 Å². The normalized spacial score (nSPS) is 14.3. The van der Waals surface area contributed by atoms with Crippen molar-refractivity contribution in [2.75, 3.05) is 13.7 Å². The molecule has 2 unspecified atom stereocenters. The van der Waals surface area contributed by atoms with Crippen LogP contribution < -0.4 is 5.32 Å². The largest absolute Gasteiger partial charge is 0.375 e. The number of nitrogens with one attached hydrogen (secondary N) is 1. The van der Waals surface area contributed by atoms with E-state index in [1.807, 2.05) is 18.2 Å². The molecule has 2 nitrogen and oxygen atoms in total. The number of ether oxygens (including phenoxy) is 1. The molecule has 1 rings (SSSR count). The minimum absolute atomic E-state index is 0.0767. The lowest BCUT2D eigenvalue weighted by Crippen LogP contribution is -2.36. The van der Waals surface area contributed by atoms with E-state index >= 15 is 0 Å². The summed E-state index contributed by atoms with van der Waals surface area (Å²) in [7, 11) is 1.76. The Bertz CT molecular complexity index is 334. The van der Waals surface area contributed by atoms with E-state index < -0.39 is 0 Å². The number of rotatable bonds is 7. The number of hydrogen-bond acceptors (Lipinski definition) is 2. The van der Waals surface area contributed by atoms with Crippen LogP contribution in [0.2, 0.25) is 0 Å². The molecule has 0 aliphatic carbocycles. The molecule has 1 aromatic carbocycles. The summed E-state index contributed by atoms with van der Waals surface area (Å²) in [5, 5.41) is 3.48. The van der Waals surface area contributed by atoms with Crippen LogP contribution in [0.25, 0.3) is 0 Å². The molecule has 2 atom stereocenters. The summed E-state index contributed by atoms with van der Waals surface area (Å²) < 4.78 is 5.65. The summed E-state index contributed by atoms with van der Waals surface area (Å²) in [5.41, 5.74) is 2.39. The van der Waals surface area contributed by atoms with Gasteiger partial charge in [-0.3, -0.25) is 0 Å². The highest BCUT2D eigenvalue weighted by Gasteiger charge is 2.21. The Morgan fingerprint density at radius 3 is 2.47 bits per heavy atom. The van der Waals surface area contributed by atoms with E-state index in [0.717, 1.165) is 13.0 Å². The first-order valence-corrected chi connectivity index (χ1v) is 6.14. The van der Waals surface area contributed by atoms with Crippen LogP contribution in [0.4, 0.5) is 0 Å². The third-order valence-corrected chi connectivity index (χ3v) is 2.78. The van der Waals surface area contributed by atoms with Gasteiger partial charge in [0.05, 0.1) is 6.10 Å². The molecule has 1 N–H and O–H groups in total. The van der Waals surface area contributed by atoms with Gasteiger partial charge in [-0.2, -0.15) is 0 Å². The van der Waals surface area contributed by atoms with Gasteiger partial charge in [0.1, 0.15) is 0 Å². The Balaban J connectivity index is 2.84. The van der Waals surface area contributed by atoms with Crippen LogP contribution in [0.3, 0.4) is 0 Å². The van der Waals surface area contributed by atoms with Gasteiger partial charge in [-0.25, -0.2) is 0 Å². The fourth-order valence-electron chi connectivity index (χ4n) is 2.10. The highest BCUT2D eigenvalue weighted by atomic mass is 16.5. The van der Waals surface area contributed by atoms with Crippen molar-refractivity contribution in [3.05, 3.63) is 48.0 Å². The van der Waals surface area contributed by atoms with Crippen molar-refractivity contribution in [1.82, 2.24) is 5.32 Å². The zero-order valence-electron chi connectivity index (χ0n) is 11.1. The van der Waals surface area contributed by atoms with E-state index in [-0.39, 0.29) is 12.1 Å². The molecular formula is C15H23NO. The first-order valence-electron chi connectivity index (χ1n) is 6.14. The smallest absolute Gasteiger partial charge is 0.0977 e. The Hall–Kier alpha value is -1.12. The molecular weight excluding hydrogens is 210 g/mol. The number of likely N-dealkylation sites (N-methyl/N-ethyl adjacent to an activating group) is 1. The lowest BCUT2D eigenvalue weighted by molar-refractivity contribution is 0.0684. The van der Waals surface area contributed by atoms with Crippen LogP contribution in [-0.2, 0) is 4.74 Å². The van der Waals surface area contributed by atoms with Crippen LogP contribution >= 0.6 is 0 Å². The third-order valence-electron chi connectivity index (χ3n) is 2.78. The van der Waals surface area contributed by atoms with Gasteiger partial charge in [0.2, 0.25) is 0 Å².